The average Bonchev–Trinajstić information content (AvgIpc) is 3.35. The normalized spacial score (nSPS) is 19.8. The molecular formula is C33H38N2O7S2. The standard InChI is InChI=1S/C33H38N2O7S2/c1-17(36)40-14-26-23-5-6-24-30-18(8-21(37)10-29(30)39-4)7-20-16-44-43-15-19-9-27(38)28(41-22(12-34-2)13-35-3)11-25(19)32(26)42-33(23)31(20)24/h5-6,8-11,20,22,26,32,34-35,37-38H,7,12-16H2,1-4H3/t20-,26-,32-/m1/s1. The molecule has 0 saturated heterocycles. The summed E-state index contributed by atoms with van der Waals surface area (Å²) in [5.41, 5.74) is 6.99. The van der Waals surface area contributed by atoms with Gasteiger partial charge in [-0.05, 0) is 55.4 Å². The van der Waals surface area contributed by atoms with E-state index in [2.05, 4.69) is 22.8 Å². The molecule has 3 aliphatic rings. The molecule has 44 heavy (non-hydrogen) atoms. The minimum Gasteiger partial charge on any atom is -0.508 e. The number of carbonyl (C=O) groups is 1. The van der Waals surface area contributed by atoms with E-state index in [0.717, 1.165) is 56.9 Å². The number of phenolic OH excluding ortho intramolecular Hbond substituents is 2. The molecule has 1 aliphatic carbocycles. The Morgan fingerprint density at radius 2 is 1.84 bits per heavy atom. The number of esters is 1. The number of fused-ring (bicyclic) bond motifs is 5. The first-order valence-electron chi connectivity index (χ1n) is 14.8. The maximum absolute atomic E-state index is 12.0. The first-order chi connectivity index (χ1) is 21.3. The van der Waals surface area contributed by atoms with Crippen molar-refractivity contribution in [3.05, 3.63) is 64.2 Å². The van der Waals surface area contributed by atoms with E-state index >= 15 is 0 Å². The second-order valence-corrected chi connectivity index (χ2v) is 13.9. The lowest BCUT2D eigenvalue weighted by Gasteiger charge is -2.30. The number of carbonyl (C=O) groups excluding carboxylic acids is 1. The molecule has 2 bridgehead atoms. The molecule has 3 aromatic carbocycles. The highest BCUT2D eigenvalue weighted by atomic mass is 33.1. The molecule has 3 aromatic rings. The summed E-state index contributed by atoms with van der Waals surface area (Å²) in [4.78, 5) is 12.0. The molecule has 3 atom stereocenters. The molecule has 234 valence electrons. The zero-order valence-corrected chi connectivity index (χ0v) is 26.9. The number of likely N-dealkylation sites (N-methyl/N-ethyl adjacent to an activating group) is 2. The van der Waals surface area contributed by atoms with Crippen molar-refractivity contribution in [2.75, 3.05) is 46.7 Å². The Bertz CT molecular complexity index is 1560. The molecule has 0 saturated carbocycles. The van der Waals surface area contributed by atoms with Crippen LogP contribution >= 0.6 is 21.6 Å². The zero-order chi connectivity index (χ0) is 31.0. The summed E-state index contributed by atoms with van der Waals surface area (Å²) >= 11 is 0. The first-order valence-corrected chi connectivity index (χ1v) is 17.2. The van der Waals surface area contributed by atoms with Crippen LogP contribution in [0.25, 0.3) is 11.1 Å². The van der Waals surface area contributed by atoms with Gasteiger partial charge in [0.05, 0.1) is 13.0 Å². The van der Waals surface area contributed by atoms with Crippen molar-refractivity contribution >= 4 is 27.6 Å². The number of aromatic hydroxyl groups is 2. The SMILES string of the molecule is CNCC(CNC)Oc1cc2c(cc1O)CSSC[C@H]1Cc3cc(O)cc(OC)c3-c3ccc4c(c31)O[C@H]2[C@@H]4COC(C)=O. The molecule has 9 nitrogen and oxygen atoms in total. The Labute approximate surface area is 265 Å². The van der Waals surface area contributed by atoms with Crippen molar-refractivity contribution in [2.24, 2.45) is 0 Å². The van der Waals surface area contributed by atoms with Crippen molar-refractivity contribution < 1.29 is 34.0 Å². The van der Waals surface area contributed by atoms with Gasteiger partial charge in [0.15, 0.2) is 11.5 Å². The van der Waals surface area contributed by atoms with Crippen LogP contribution in [0.15, 0.2) is 36.4 Å². The van der Waals surface area contributed by atoms with Gasteiger partial charge in [0.2, 0.25) is 0 Å². The Morgan fingerprint density at radius 3 is 2.57 bits per heavy atom. The van der Waals surface area contributed by atoms with E-state index in [1.807, 2.05) is 26.2 Å². The quantitative estimate of drug-likeness (QED) is 0.181. The molecule has 0 radical (unpaired) electrons. The molecular weight excluding hydrogens is 601 g/mol. The van der Waals surface area contributed by atoms with Crippen LogP contribution in [0.1, 0.15) is 52.7 Å². The smallest absolute Gasteiger partial charge is 0.302 e. The van der Waals surface area contributed by atoms with Gasteiger partial charge in [-0.25, -0.2) is 0 Å². The van der Waals surface area contributed by atoms with Crippen LogP contribution in [0, 0.1) is 0 Å². The fourth-order valence-electron chi connectivity index (χ4n) is 6.63. The van der Waals surface area contributed by atoms with E-state index in [4.69, 9.17) is 18.9 Å². The first kappa shape index (κ1) is 30.8. The van der Waals surface area contributed by atoms with Crippen LogP contribution in [0.4, 0.5) is 0 Å². The lowest BCUT2D eigenvalue weighted by atomic mass is 9.77. The van der Waals surface area contributed by atoms with Gasteiger partial charge in [-0.15, -0.1) is 0 Å². The van der Waals surface area contributed by atoms with Gasteiger partial charge >= 0.3 is 5.97 Å². The van der Waals surface area contributed by atoms with Gasteiger partial charge in [-0.2, -0.15) is 0 Å². The second-order valence-electron chi connectivity index (χ2n) is 11.4. The van der Waals surface area contributed by atoms with E-state index in [1.54, 1.807) is 40.8 Å². The Morgan fingerprint density at radius 1 is 1.05 bits per heavy atom. The third-order valence-electron chi connectivity index (χ3n) is 8.49. The minimum absolute atomic E-state index is 0.0783. The predicted molar refractivity (Wildman–Crippen MR) is 173 cm³/mol. The summed E-state index contributed by atoms with van der Waals surface area (Å²) in [5.74, 6) is 3.07. The van der Waals surface area contributed by atoms with Crippen LogP contribution in [0.2, 0.25) is 0 Å². The third kappa shape index (κ3) is 5.78. The Balaban J connectivity index is 1.51. The van der Waals surface area contributed by atoms with Gasteiger partial charge in [-0.1, -0.05) is 33.7 Å². The summed E-state index contributed by atoms with van der Waals surface area (Å²) in [6.45, 7) is 2.77. The van der Waals surface area contributed by atoms with Crippen molar-refractivity contribution in [1.29, 1.82) is 0 Å². The molecule has 11 heteroatoms. The Hall–Kier alpha value is -3.25. The van der Waals surface area contributed by atoms with Crippen LogP contribution < -0.4 is 24.8 Å². The maximum Gasteiger partial charge on any atom is 0.302 e. The molecule has 4 N–H and O–H groups in total. The zero-order valence-electron chi connectivity index (χ0n) is 25.3. The maximum atomic E-state index is 12.0. The van der Waals surface area contributed by atoms with Crippen LogP contribution in [0.5, 0.6) is 28.7 Å². The van der Waals surface area contributed by atoms with Crippen LogP contribution in [0.3, 0.4) is 0 Å². The molecule has 0 fully saturated rings. The number of hydrogen-bond donors (Lipinski definition) is 4. The van der Waals surface area contributed by atoms with E-state index in [-0.39, 0.29) is 42.0 Å². The summed E-state index contributed by atoms with van der Waals surface area (Å²) in [7, 11) is 8.88. The molecule has 6 rings (SSSR count). The third-order valence-corrected chi connectivity index (χ3v) is 10.9. The number of hydrogen-bond acceptors (Lipinski definition) is 11. The minimum atomic E-state index is -0.465. The Kier molecular flexibility index (Phi) is 9.09. The predicted octanol–water partition coefficient (Wildman–Crippen LogP) is 5.27. The van der Waals surface area contributed by atoms with Gasteiger partial charge in [-0.3, -0.25) is 4.79 Å². The monoisotopic (exact) mass is 638 g/mol. The summed E-state index contributed by atoms with van der Waals surface area (Å²) in [6, 6.07) is 11.4. The number of methoxy groups -OCH3 is 1. The van der Waals surface area contributed by atoms with Crippen molar-refractivity contribution in [2.45, 2.75) is 43.1 Å². The summed E-state index contributed by atoms with van der Waals surface area (Å²) < 4.78 is 24.7. The van der Waals surface area contributed by atoms with E-state index in [1.165, 1.54) is 6.92 Å². The second kappa shape index (κ2) is 13.0. The van der Waals surface area contributed by atoms with Gasteiger partial charge in [0.25, 0.3) is 0 Å². The summed E-state index contributed by atoms with van der Waals surface area (Å²) in [6.07, 6.45) is 0.0554. The number of benzene rings is 3. The highest BCUT2D eigenvalue weighted by Gasteiger charge is 2.43. The average molecular weight is 639 g/mol. The highest BCUT2D eigenvalue weighted by Crippen LogP contribution is 2.58. The molecule has 0 aromatic heterocycles. The fraction of sp³-hybridized carbons (Fsp3) is 0.424. The van der Waals surface area contributed by atoms with Gasteiger partial charge in [0, 0.05) is 65.8 Å². The number of rotatable bonds is 9. The molecule has 2 heterocycles. The molecule has 0 unspecified atom stereocenters. The van der Waals surface area contributed by atoms with Gasteiger partial charge < -0.3 is 39.8 Å². The van der Waals surface area contributed by atoms with E-state index < -0.39 is 6.10 Å². The summed E-state index contributed by atoms with van der Waals surface area (Å²) in [5, 5.41) is 27.9. The number of ether oxygens (including phenoxy) is 4. The van der Waals surface area contributed by atoms with Crippen molar-refractivity contribution in [1.82, 2.24) is 10.6 Å². The van der Waals surface area contributed by atoms with E-state index in [9.17, 15) is 15.0 Å². The lowest BCUT2D eigenvalue weighted by Crippen LogP contribution is -2.37. The molecule has 0 amide bonds. The number of nitrogens with one attached hydrogen (secondary N) is 2. The van der Waals surface area contributed by atoms with Crippen molar-refractivity contribution in [3.8, 4) is 39.9 Å². The topological polar surface area (TPSA) is 119 Å². The molecule has 0 spiro atoms. The molecule has 2 aliphatic heterocycles. The largest absolute Gasteiger partial charge is 0.508 e. The van der Waals surface area contributed by atoms with Crippen molar-refractivity contribution in [3.63, 3.8) is 0 Å². The van der Waals surface area contributed by atoms with E-state index in [0.29, 0.717) is 30.3 Å². The highest BCUT2D eigenvalue weighted by molar-refractivity contribution is 8.76. The van der Waals surface area contributed by atoms with Crippen LogP contribution in [-0.4, -0.2) is 68.9 Å². The number of phenols is 2. The fourth-order valence-corrected chi connectivity index (χ4v) is 9.05. The van der Waals surface area contributed by atoms with Gasteiger partial charge in [0.1, 0.15) is 36.1 Å². The van der Waals surface area contributed by atoms with Crippen LogP contribution in [-0.2, 0) is 21.7 Å². The lowest BCUT2D eigenvalue weighted by molar-refractivity contribution is -0.141.